The highest BCUT2D eigenvalue weighted by Crippen LogP contribution is 2.28. The molecule has 0 radical (unpaired) electrons. The Hall–Kier alpha value is -2.34. The highest BCUT2D eigenvalue weighted by molar-refractivity contribution is 5.95. The summed E-state index contributed by atoms with van der Waals surface area (Å²) in [6, 6.07) is 6.01. The second-order valence-corrected chi connectivity index (χ2v) is 4.98. The first kappa shape index (κ1) is 13.6. The van der Waals surface area contributed by atoms with E-state index < -0.39 is 0 Å². The van der Waals surface area contributed by atoms with E-state index in [9.17, 15) is 4.79 Å². The normalized spacial score (nSPS) is 15.0. The zero-order valence-corrected chi connectivity index (χ0v) is 11.8. The van der Waals surface area contributed by atoms with E-state index in [0.717, 1.165) is 29.2 Å². The summed E-state index contributed by atoms with van der Waals surface area (Å²) in [6.07, 6.45) is 4.52. The minimum Gasteiger partial charge on any atom is -0.482 e. The predicted octanol–water partition coefficient (Wildman–Crippen LogP) is 1.98. The molecule has 1 atom stereocenters. The summed E-state index contributed by atoms with van der Waals surface area (Å²) in [4.78, 5) is 18.8. The number of amides is 1. The highest BCUT2D eigenvalue weighted by atomic mass is 16.5. The van der Waals surface area contributed by atoms with Gasteiger partial charge in [0.05, 0.1) is 11.7 Å². The van der Waals surface area contributed by atoms with Gasteiger partial charge in [-0.3, -0.25) is 4.79 Å². The first-order valence-corrected chi connectivity index (χ1v) is 7.04. The van der Waals surface area contributed by atoms with Crippen molar-refractivity contribution in [3.05, 3.63) is 42.0 Å². The number of hydrogen-bond donors (Lipinski definition) is 3. The first-order chi connectivity index (χ1) is 10.3. The smallest absolute Gasteiger partial charge is 0.262 e. The average molecular weight is 286 g/mol. The Morgan fingerprint density at radius 3 is 3.14 bits per heavy atom. The molecular formula is C15H18N4O2. The van der Waals surface area contributed by atoms with Gasteiger partial charge in [0.2, 0.25) is 0 Å². The van der Waals surface area contributed by atoms with Gasteiger partial charge < -0.3 is 20.4 Å². The van der Waals surface area contributed by atoms with Crippen LogP contribution in [0.25, 0.3) is 0 Å². The van der Waals surface area contributed by atoms with Crippen molar-refractivity contribution < 1.29 is 9.53 Å². The number of aromatic amines is 1. The van der Waals surface area contributed by atoms with Crippen molar-refractivity contribution in [3.63, 3.8) is 0 Å². The van der Waals surface area contributed by atoms with E-state index in [4.69, 9.17) is 4.74 Å². The molecule has 1 unspecified atom stereocenters. The lowest BCUT2D eigenvalue weighted by Gasteiger charge is -2.19. The van der Waals surface area contributed by atoms with Gasteiger partial charge >= 0.3 is 0 Å². The Morgan fingerprint density at radius 2 is 2.38 bits per heavy atom. The van der Waals surface area contributed by atoms with Gasteiger partial charge in [0.1, 0.15) is 11.6 Å². The molecule has 1 aromatic carbocycles. The Balaban J connectivity index is 1.68. The topological polar surface area (TPSA) is 79.0 Å². The van der Waals surface area contributed by atoms with Gasteiger partial charge in [0.15, 0.2) is 6.61 Å². The fourth-order valence-corrected chi connectivity index (χ4v) is 2.38. The van der Waals surface area contributed by atoms with Gasteiger partial charge in [-0.1, -0.05) is 13.0 Å². The van der Waals surface area contributed by atoms with Crippen LogP contribution in [0, 0.1) is 0 Å². The number of aromatic nitrogens is 2. The Bertz CT molecular complexity index is 625. The summed E-state index contributed by atoms with van der Waals surface area (Å²) in [5.41, 5.74) is 1.82. The number of hydrogen-bond acceptors (Lipinski definition) is 4. The molecule has 3 rings (SSSR count). The molecule has 0 saturated heterocycles. The summed E-state index contributed by atoms with van der Waals surface area (Å²) < 4.78 is 5.35. The molecule has 0 spiro atoms. The molecular weight excluding hydrogens is 268 g/mol. The van der Waals surface area contributed by atoms with Crippen LogP contribution in [0.4, 0.5) is 5.69 Å². The molecule has 6 heteroatoms. The number of nitrogens with zero attached hydrogens (tertiary/aromatic N) is 1. The molecule has 2 heterocycles. The number of fused-ring (bicyclic) bond motifs is 1. The van der Waals surface area contributed by atoms with Crippen LogP contribution in [-0.2, 0) is 11.3 Å². The van der Waals surface area contributed by atoms with Gasteiger partial charge in [0, 0.05) is 18.9 Å². The molecule has 6 nitrogen and oxygen atoms in total. The number of nitrogens with one attached hydrogen (secondary N) is 3. The van der Waals surface area contributed by atoms with Gasteiger partial charge in [-0.05, 0) is 24.1 Å². The number of carbonyl (C=O) groups excluding carboxylic acids is 1. The maximum absolute atomic E-state index is 11.3. The van der Waals surface area contributed by atoms with E-state index in [1.165, 1.54) is 0 Å². The van der Waals surface area contributed by atoms with Gasteiger partial charge in [-0.15, -0.1) is 0 Å². The van der Waals surface area contributed by atoms with Gasteiger partial charge in [-0.2, -0.15) is 0 Å². The number of imidazole rings is 1. The minimum absolute atomic E-state index is 0.0843. The van der Waals surface area contributed by atoms with Crippen molar-refractivity contribution in [1.82, 2.24) is 15.3 Å². The molecule has 1 aliphatic rings. The maximum atomic E-state index is 11.3. The van der Waals surface area contributed by atoms with E-state index in [0.29, 0.717) is 6.54 Å². The number of anilines is 1. The van der Waals surface area contributed by atoms with E-state index in [2.05, 4.69) is 27.5 Å². The number of carbonyl (C=O) groups is 1. The first-order valence-electron chi connectivity index (χ1n) is 7.04. The second kappa shape index (κ2) is 5.97. The zero-order valence-electron chi connectivity index (χ0n) is 11.8. The number of ether oxygens (including phenoxy) is 1. The molecule has 2 aromatic rings. The van der Waals surface area contributed by atoms with Crippen LogP contribution in [-0.4, -0.2) is 22.5 Å². The summed E-state index contributed by atoms with van der Waals surface area (Å²) in [7, 11) is 0. The monoisotopic (exact) mass is 286 g/mol. The van der Waals surface area contributed by atoms with Crippen molar-refractivity contribution in [2.75, 3.05) is 11.9 Å². The van der Waals surface area contributed by atoms with Crippen LogP contribution in [0.15, 0.2) is 30.6 Å². The standard InChI is InChI=1S/C15H18N4O2/c1-2-11(15-16-5-6-17-15)18-8-10-3-4-13-12(7-10)19-14(20)9-21-13/h3-7,11,18H,2,8-9H2,1H3,(H,16,17)(H,19,20). The van der Waals surface area contributed by atoms with Crippen molar-refractivity contribution in [1.29, 1.82) is 0 Å². The van der Waals surface area contributed by atoms with Crippen molar-refractivity contribution in [2.45, 2.75) is 25.9 Å². The number of benzene rings is 1. The second-order valence-electron chi connectivity index (χ2n) is 4.98. The largest absolute Gasteiger partial charge is 0.482 e. The van der Waals surface area contributed by atoms with Crippen molar-refractivity contribution in [2.24, 2.45) is 0 Å². The van der Waals surface area contributed by atoms with Crippen molar-refractivity contribution in [3.8, 4) is 5.75 Å². The van der Waals surface area contributed by atoms with E-state index in [1.54, 1.807) is 6.20 Å². The SMILES string of the molecule is CCC(NCc1ccc2c(c1)NC(=O)CO2)c1ncc[nH]1. The molecule has 21 heavy (non-hydrogen) atoms. The zero-order chi connectivity index (χ0) is 14.7. The molecule has 1 aliphatic heterocycles. The lowest BCUT2D eigenvalue weighted by molar-refractivity contribution is -0.118. The maximum Gasteiger partial charge on any atom is 0.262 e. The molecule has 1 aromatic heterocycles. The van der Waals surface area contributed by atoms with Crippen LogP contribution in [0.2, 0.25) is 0 Å². The summed E-state index contributed by atoms with van der Waals surface area (Å²) >= 11 is 0. The Kier molecular flexibility index (Phi) is 3.87. The van der Waals surface area contributed by atoms with Crippen LogP contribution in [0.5, 0.6) is 5.75 Å². The lowest BCUT2D eigenvalue weighted by atomic mass is 10.1. The summed E-state index contributed by atoms with van der Waals surface area (Å²) in [5, 5.41) is 6.28. The lowest BCUT2D eigenvalue weighted by Crippen LogP contribution is -2.26. The highest BCUT2D eigenvalue weighted by Gasteiger charge is 2.16. The molecule has 0 aliphatic carbocycles. The van der Waals surface area contributed by atoms with Crippen LogP contribution in [0.3, 0.4) is 0 Å². The average Bonchev–Trinajstić information content (AvgIpc) is 3.01. The molecule has 0 saturated carbocycles. The number of rotatable bonds is 5. The third-order valence-corrected chi connectivity index (χ3v) is 3.49. The third-order valence-electron chi connectivity index (χ3n) is 3.49. The fraction of sp³-hybridized carbons (Fsp3) is 0.333. The van der Waals surface area contributed by atoms with E-state index in [1.807, 2.05) is 24.4 Å². The molecule has 110 valence electrons. The van der Waals surface area contributed by atoms with Crippen LogP contribution < -0.4 is 15.4 Å². The quantitative estimate of drug-likeness (QED) is 0.785. The van der Waals surface area contributed by atoms with Crippen LogP contribution >= 0.6 is 0 Å². The summed E-state index contributed by atoms with van der Waals surface area (Å²) in [6.45, 7) is 2.89. The molecule has 0 bridgehead atoms. The molecule has 3 N–H and O–H groups in total. The summed E-state index contributed by atoms with van der Waals surface area (Å²) in [5.74, 6) is 1.54. The number of H-pyrrole nitrogens is 1. The van der Waals surface area contributed by atoms with Gasteiger partial charge in [-0.25, -0.2) is 4.98 Å². The van der Waals surface area contributed by atoms with Crippen LogP contribution in [0.1, 0.15) is 30.8 Å². The van der Waals surface area contributed by atoms with E-state index >= 15 is 0 Å². The predicted molar refractivity (Wildman–Crippen MR) is 79.0 cm³/mol. The van der Waals surface area contributed by atoms with Crippen molar-refractivity contribution >= 4 is 11.6 Å². The molecule has 0 fully saturated rings. The Labute approximate surface area is 122 Å². The minimum atomic E-state index is -0.116. The van der Waals surface area contributed by atoms with Gasteiger partial charge in [0.25, 0.3) is 5.91 Å². The fourth-order valence-electron chi connectivity index (χ4n) is 2.38. The Morgan fingerprint density at radius 1 is 1.48 bits per heavy atom. The third kappa shape index (κ3) is 3.05. The van der Waals surface area contributed by atoms with E-state index in [-0.39, 0.29) is 18.6 Å². The molecule has 1 amide bonds.